The highest BCUT2D eigenvalue weighted by Gasteiger charge is 2.32. The third-order valence-electron chi connectivity index (χ3n) is 5.68. The number of ether oxygens (including phenoxy) is 2. The highest BCUT2D eigenvalue weighted by Crippen LogP contribution is 2.34. The average molecular weight is 561 g/mol. The molecular weight excluding hydrogens is 521 g/mol. The second-order valence-corrected chi connectivity index (χ2v) is 9.78. The predicted molar refractivity (Wildman–Crippen MR) is 152 cm³/mol. The first-order valence-electron chi connectivity index (χ1n) is 13.5. The van der Waals surface area contributed by atoms with Crippen LogP contribution in [0.4, 0.5) is 18.0 Å². The molecule has 9 heteroatoms. The summed E-state index contributed by atoms with van der Waals surface area (Å²) in [6.07, 6.45) is -4.89. The third-order valence-corrected chi connectivity index (χ3v) is 5.68. The van der Waals surface area contributed by atoms with E-state index in [0.717, 1.165) is 22.9 Å². The summed E-state index contributed by atoms with van der Waals surface area (Å²) >= 11 is 0. The van der Waals surface area contributed by atoms with Crippen LogP contribution in [0, 0.1) is 5.92 Å². The summed E-state index contributed by atoms with van der Waals surface area (Å²) in [5.74, 6) is 0.802. The van der Waals surface area contributed by atoms with Gasteiger partial charge >= 0.3 is 12.3 Å². The summed E-state index contributed by atoms with van der Waals surface area (Å²) in [6.45, 7) is 14.9. The summed E-state index contributed by atoms with van der Waals surface area (Å²) in [5.41, 5.74) is -0.790. The van der Waals surface area contributed by atoms with E-state index in [1.165, 1.54) is 12.1 Å². The fourth-order valence-electron chi connectivity index (χ4n) is 3.90. The molecule has 0 bridgehead atoms. The third kappa shape index (κ3) is 8.89. The van der Waals surface area contributed by atoms with E-state index in [4.69, 9.17) is 9.47 Å². The molecule has 4 rings (SSSR count). The number of alkyl carbamates (subject to hydrolysis) is 1. The zero-order chi connectivity index (χ0) is 30.1. The maximum atomic E-state index is 12.9. The summed E-state index contributed by atoms with van der Waals surface area (Å²) in [7, 11) is 0. The van der Waals surface area contributed by atoms with Gasteiger partial charge in [-0.15, -0.1) is 0 Å². The fourth-order valence-corrected chi connectivity index (χ4v) is 3.90. The minimum absolute atomic E-state index is 0.112. The second kappa shape index (κ2) is 14.1. The molecule has 218 valence electrons. The molecule has 0 spiro atoms. The summed E-state index contributed by atoms with van der Waals surface area (Å²) in [6, 6.07) is 15.1. The van der Waals surface area contributed by atoms with E-state index in [2.05, 4.69) is 5.32 Å². The first kappa shape index (κ1) is 32.5. The molecule has 1 fully saturated rings. The number of rotatable bonds is 5. The van der Waals surface area contributed by atoms with Gasteiger partial charge in [0, 0.05) is 36.5 Å². The molecule has 0 atom stereocenters. The minimum Gasteiger partial charge on any atom is -0.457 e. The van der Waals surface area contributed by atoms with E-state index >= 15 is 0 Å². The lowest BCUT2D eigenvalue weighted by Gasteiger charge is -2.39. The van der Waals surface area contributed by atoms with Gasteiger partial charge in [0.25, 0.3) is 5.91 Å². The van der Waals surface area contributed by atoms with Crippen LogP contribution in [0.1, 0.15) is 64.4 Å². The van der Waals surface area contributed by atoms with Crippen molar-refractivity contribution >= 4 is 22.8 Å². The number of fused-ring (bicyclic) bond motifs is 1. The topological polar surface area (TPSA) is 67.9 Å². The van der Waals surface area contributed by atoms with Gasteiger partial charge in [-0.05, 0) is 74.7 Å². The Labute approximate surface area is 234 Å². The molecule has 2 amide bonds. The van der Waals surface area contributed by atoms with Gasteiger partial charge in [-0.2, -0.15) is 13.2 Å². The lowest BCUT2D eigenvalue weighted by molar-refractivity contribution is -0.137. The van der Waals surface area contributed by atoms with Gasteiger partial charge < -0.3 is 19.7 Å². The standard InChI is InChI=1S/C27H27F3N2O4.2C2H6/c1-26(2,3)36-25(34)31-14-17-15-32(16-17)24(33)19-7-12-22-18(13-19)5-4-6-23(22)35-21-10-8-20(9-11-21)27(28,29)30;2*1-2/h4-13,17H,14-16H2,1-3H3,(H,31,34);2*1-2H3. The molecule has 40 heavy (non-hydrogen) atoms. The SMILES string of the molecule is CC.CC.CC(C)(C)OC(=O)NCC1CN(C(=O)c2ccc3c(Oc4ccc(C(F)(F)F)cc4)cccc3c2)C1. The number of nitrogens with one attached hydrogen (secondary N) is 1. The number of likely N-dealkylation sites (tertiary alicyclic amines) is 1. The van der Waals surface area contributed by atoms with Gasteiger partial charge in [0.2, 0.25) is 0 Å². The van der Waals surface area contributed by atoms with Crippen molar-refractivity contribution < 1.29 is 32.2 Å². The number of benzene rings is 3. The smallest absolute Gasteiger partial charge is 0.416 e. The van der Waals surface area contributed by atoms with E-state index in [-0.39, 0.29) is 17.6 Å². The molecule has 0 aromatic heterocycles. The van der Waals surface area contributed by atoms with Crippen molar-refractivity contribution in [3.63, 3.8) is 0 Å². The first-order valence-corrected chi connectivity index (χ1v) is 13.5. The Kier molecular flexibility index (Phi) is 11.4. The van der Waals surface area contributed by atoms with Crippen molar-refractivity contribution in [2.24, 2.45) is 5.92 Å². The van der Waals surface area contributed by atoms with Gasteiger partial charge in [-0.25, -0.2) is 4.79 Å². The van der Waals surface area contributed by atoms with Crippen LogP contribution in [0.15, 0.2) is 60.7 Å². The van der Waals surface area contributed by atoms with E-state index in [1.807, 2.05) is 33.8 Å². The van der Waals surface area contributed by atoms with Crippen LogP contribution in [0.2, 0.25) is 0 Å². The molecule has 0 aliphatic carbocycles. The zero-order valence-corrected chi connectivity index (χ0v) is 24.2. The normalized spacial score (nSPS) is 13.2. The quantitative estimate of drug-likeness (QED) is 0.341. The van der Waals surface area contributed by atoms with Gasteiger partial charge in [-0.3, -0.25) is 4.79 Å². The van der Waals surface area contributed by atoms with E-state index in [0.29, 0.717) is 30.9 Å². The van der Waals surface area contributed by atoms with Crippen LogP contribution >= 0.6 is 0 Å². The predicted octanol–water partition coefficient (Wildman–Crippen LogP) is 8.30. The van der Waals surface area contributed by atoms with Crippen LogP contribution < -0.4 is 10.1 Å². The summed E-state index contributed by atoms with van der Waals surface area (Å²) in [4.78, 5) is 26.4. The van der Waals surface area contributed by atoms with E-state index in [9.17, 15) is 22.8 Å². The average Bonchev–Trinajstić information content (AvgIpc) is 2.88. The number of hydrogen-bond acceptors (Lipinski definition) is 4. The fraction of sp³-hybridized carbons (Fsp3) is 0.419. The van der Waals surface area contributed by atoms with Crippen LogP contribution in [-0.2, 0) is 10.9 Å². The monoisotopic (exact) mass is 560 g/mol. The first-order chi connectivity index (χ1) is 18.9. The van der Waals surface area contributed by atoms with Gasteiger partial charge in [0.15, 0.2) is 0 Å². The molecule has 0 saturated carbocycles. The van der Waals surface area contributed by atoms with E-state index < -0.39 is 23.4 Å². The Bertz CT molecular complexity index is 1260. The molecule has 3 aromatic carbocycles. The lowest BCUT2D eigenvalue weighted by Crippen LogP contribution is -2.54. The number of halogens is 3. The second-order valence-electron chi connectivity index (χ2n) is 9.78. The highest BCUT2D eigenvalue weighted by molar-refractivity contribution is 6.00. The zero-order valence-electron chi connectivity index (χ0n) is 24.2. The molecule has 1 saturated heterocycles. The maximum Gasteiger partial charge on any atom is 0.416 e. The van der Waals surface area contributed by atoms with Crippen molar-refractivity contribution in [1.29, 1.82) is 0 Å². The summed E-state index contributed by atoms with van der Waals surface area (Å²) < 4.78 is 49.4. The van der Waals surface area contributed by atoms with Gasteiger partial charge in [0.05, 0.1) is 5.56 Å². The molecule has 1 aliphatic rings. The molecule has 0 unspecified atom stereocenters. The van der Waals surface area contributed by atoms with E-state index in [1.54, 1.807) is 56.0 Å². The number of alkyl halides is 3. The molecule has 0 radical (unpaired) electrons. The highest BCUT2D eigenvalue weighted by atomic mass is 19.4. The molecule has 6 nitrogen and oxygen atoms in total. The Morgan fingerprint density at radius 1 is 0.925 bits per heavy atom. The van der Waals surface area contributed by atoms with Crippen LogP contribution in [0.3, 0.4) is 0 Å². The Morgan fingerprint density at radius 2 is 1.55 bits per heavy atom. The van der Waals surface area contributed by atoms with Crippen molar-refractivity contribution in [3.05, 3.63) is 71.8 Å². The van der Waals surface area contributed by atoms with Crippen LogP contribution in [-0.4, -0.2) is 42.1 Å². The van der Waals surface area contributed by atoms with Crippen molar-refractivity contribution in [2.45, 2.75) is 60.2 Å². The van der Waals surface area contributed by atoms with Crippen LogP contribution in [0.5, 0.6) is 11.5 Å². The van der Waals surface area contributed by atoms with Gasteiger partial charge in [-0.1, -0.05) is 39.8 Å². The van der Waals surface area contributed by atoms with Crippen molar-refractivity contribution in [3.8, 4) is 11.5 Å². The number of carbonyl (C=O) groups is 2. The number of hydrogen-bond donors (Lipinski definition) is 1. The lowest BCUT2D eigenvalue weighted by atomic mass is 9.98. The van der Waals surface area contributed by atoms with Crippen LogP contribution in [0.25, 0.3) is 10.8 Å². The number of carbonyl (C=O) groups excluding carboxylic acids is 2. The minimum atomic E-state index is -4.41. The summed E-state index contributed by atoms with van der Waals surface area (Å²) in [5, 5.41) is 4.24. The molecular formula is C31H39F3N2O4. The Morgan fingerprint density at radius 3 is 2.12 bits per heavy atom. The molecule has 1 N–H and O–H groups in total. The maximum absolute atomic E-state index is 12.9. The molecule has 1 aliphatic heterocycles. The Balaban J connectivity index is 0.00000134. The van der Waals surface area contributed by atoms with Crippen molar-refractivity contribution in [1.82, 2.24) is 10.2 Å². The Hall–Kier alpha value is -3.75. The number of nitrogens with zero attached hydrogens (tertiary/aromatic N) is 1. The largest absolute Gasteiger partial charge is 0.457 e. The molecule has 3 aromatic rings. The molecule has 1 heterocycles. The van der Waals surface area contributed by atoms with Gasteiger partial charge in [0.1, 0.15) is 17.1 Å². The number of amides is 2. The van der Waals surface area contributed by atoms with Crippen molar-refractivity contribution in [2.75, 3.05) is 19.6 Å².